The molecule has 0 rings (SSSR count). The highest BCUT2D eigenvalue weighted by molar-refractivity contribution is 7.47. The second-order valence-electron chi connectivity index (χ2n) is 10.1. The molecule has 4 N–H and O–H groups in total. The summed E-state index contributed by atoms with van der Waals surface area (Å²) in [6.07, 6.45) is 19.3. The average Bonchev–Trinajstić information content (AvgIpc) is 2.91. The highest BCUT2D eigenvalue weighted by Gasteiger charge is 2.26. The normalized spacial score (nSPS) is 13.6. The van der Waals surface area contributed by atoms with Gasteiger partial charge in [0.2, 0.25) is 0 Å². The summed E-state index contributed by atoms with van der Waals surface area (Å²) in [7, 11) is -4.31. The molecule has 10 heteroatoms. The fraction of sp³-hybridized carbons (Fsp3) is 0.862. The molecule has 0 bridgehead atoms. The van der Waals surface area contributed by atoms with Gasteiger partial charge < -0.3 is 33.9 Å². The molecule has 0 aromatic heterocycles. The van der Waals surface area contributed by atoms with Crippen LogP contribution in [0.1, 0.15) is 128 Å². The molecular formula is C29H57NO8P-. The number of ether oxygens (including phenoxy) is 2. The molecule has 0 amide bonds. The first kappa shape index (κ1) is 38.0. The summed E-state index contributed by atoms with van der Waals surface area (Å²) in [5.41, 5.74) is 3.54. The number of carbonyl (C=O) groups is 2. The molecule has 0 radical (unpaired) electrons. The Kier molecular flexibility index (Phi) is 26.5. The van der Waals surface area contributed by atoms with Gasteiger partial charge in [-0.2, -0.15) is 12.8 Å². The lowest BCUT2D eigenvalue weighted by atomic mass is 10.0. The SMILES string of the molecule is [CH2-]CCCCCCCCCCCCCCC(=O)O[C@H](COC(=O)CCCCCC[CH2-])COP(=O)(O)OCC[NH3+]. The number of phosphoric acid groups is 1. The number of carbonyl (C=O) groups excluding carboxylic acids is 2. The van der Waals surface area contributed by atoms with Gasteiger partial charge in [0.1, 0.15) is 13.2 Å². The van der Waals surface area contributed by atoms with Crippen molar-refractivity contribution >= 4 is 19.8 Å². The highest BCUT2D eigenvalue weighted by atomic mass is 31.2. The molecule has 0 fully saturated rings. The molecule has 1 unspecified atom stereocenters. The van der Waals surface area contributed by atoms with Crippen LogP contribution in [0.5, 0.6) is 0 Å². The molecule has 232 valence electrons. The second kappa shape index (κ2) is 27.2. The Morgan fingerprint density at radius 3 is 1.56 bits per heavy atom. The van der Waals surface area contributed by atoms with E-state index in [4.69, 9.17) is 18.5 Å². The van der Waals surface area contributed by atoms with Gasteiger partial charge >= 0.3 is 19.8 Å². The summed E-state index contributed by atoms with van der Waals surface area (Å²) in [4.78, 5) is 34.2. The first-order chi connectivity index (χ1) is 18.8. The molecule has 0 saturated carbocycles. The Labute approximate surface area is 237 Å². The van der Waals surface area contributed by atoms with Crippen LogP contribution in [0.4, 0.5) is 0 Å². The molecule has 0 aliphatic heterocycles. The van der Waals surface area contributed by atoms with Crippen molar-refractivity contribution in [2.45, 2.75) is 135 Å². The number of phosphoric ester groups is 1. The Morgan fingerprint density at radius 1 is 0.667 bits per heavy atom. The molecule has 0 heterocycles. The third-order valence-electron chi connectivity index (χ3n) is 6.31. The van der Waals surface area contributed by atoms with E-state index in [-0.39, 0.29) is 26.1 Å². The molecule has 0 saturated heterocycles. The molecule has 0 spiro atoms. The van der Waals surface area contributed by atoms with E-state index in [0.717, 1.165) is 51.4 Å². The maximum absolute atomic E-state index is 12.4. The summed E-state index contributed by atoms with van der Waals surface area (Å²) >= 11 is 0. The van der Waals surface area contributed by atoms with Crippen LogP contribution in [-0.4, -0.2) is 49.3 Å². The van der Waals surface area contributed by atoms with Gasteiger partial charge in [0.15, 0.2) is 6.10 Å². The van der Waals surface area contributed by atoms with Crippen molar-refractivity contribution in [1.82, 2.24) is 0 Å². The van der Waals surface area contributed by atoms with E-state index < -0.39 is 32.5 Å². The Balaban J connectivity index is 4.23. The van der Waals surface area contributed by atoms with Gasteiger partial charge in [0.25, 0.3) is 0 Å². The van der Waals surface area contributed by atoms with Gasteiger partial charge in [-0.25, -0.2) is 4.57 Å². The summed E-state index contributed by atoms with van der Waals surface area (Å²) in [5.74, 6) is -0.849. The van der Waals surface area contributed by atoms with Crippen molar-refractivity contribution in [2.24, 2.45) is 0 Å². The van der Waals surface area contributed by atoms with Gasteiger partial charge in [-0.1, -0.05) is 89.9 Å². The summed E-state index contributed by atoms with van der Waals surface area (Å²) < 4.78 is 32.4. The monoisotopic (exact) mass is 578 g/mol. The first-order valence-corrected chi connectivity index (χ1v) is 16.7. The fourth-order valence-electron chi connectivity index (χ4n) is 4.03. The maximum atomic E-state index is 12.4. The molecule has 2 atom stereocenters. The van der Waals surface area contributed by atoms with E-state index in [1.807, 2.05) is 0 Å². The molecule has 39 heavy (non-hydrogen) atoms. The van der Waals surface area contributed by atoms with Crippen LogP contribution in [0.25, 0.3) is 0 Å². The van der Waals surface area contributed by atoms with Gasteiger partial charge in [-0.3, -0.25) is 18.6 Å². The molecule has 9 nitrogen and oxygen atoms in total. The summed E-state index contributed by atoms with van der Waals surface area (Å²) in [6.45, 7) is 7.28. The highest BCUT2D eigenvalue weighted by Crippen LogP contribution is 2.43. The first-order valence-electron chi connectivity index (χ1n) is 15.2. The van der Waals surface area contributed by atoms with Gasteiger partial charge in [0, 0.05) is 12.8 Å². The number of unbranched alkanes of at least 4 members (excludes halogenated alkanes) is 16. The van der Waals surface area contributed by atoms with Crippen LogP contribution in [-0.2, 0) is 32.7 Å². The van der Waals surface area contributed by atoms with Crippen LogP contribution in [0.3, 0.4) is 0 Å². The van der Waals surface area contributed by atoms with Crippen molar-refractivity contribution in [3.8, 4) is 0 Å². The summed E-state index contributed by atoms with van der Waals surface area (Å²) in [6, 6.07) is 0. The topological polar surface area (TPSA) is 136 Å². The quantitative estimate of drug-likeness (QED) is 0.0458. The van der Waals surface area contributed by atoms with Crippen molar-refractivity contribution < 1.29 is 43.3 Å². The third-order valence-corrected chi connectivity index (χ3v) is 7.30. The van der Waals surface area contributed by atoms with Crippen LogP contribution in [0.2, 0.25) is 0 Å². The molecule has 0 aliphatic rings. The predicted octanol–water partition coefficient (Wildman–Crippen LogP) is 6.29. The smallest absolute Gasteiger partial charge is 0.462 e. The largest absolute Gasteiger partial charge is 0.472 e. The van der Waals surface area contributed by atoms with E-state index in [0.29, 0.717) is 19.4 Å². The summed E-state index contributed by atoms with van der Waals surface area (Å²) in [5, 5.41) is 0. The van der Waals surface area contributed by atoms with Crippen LogP contribution >= 0.6 is 7.82 Å². The number of hydrogen-bond acceptors (Lipinski definition) is 7. The Morgan fingerprint density at radius 2 is 1.10 bits per heavy atom. The third kappa shape index (κ3) is 27.0. The maximum Gasteiger partial charge on any atom is 0.472 e. The van der Waals surface area contributed by atoms with E-state index in [1.54, 1.807) is 0 Å². The number of quaternary nitrogens is 1. The molecule has 0 aromatic rings. The van der Waals surface area contributed by atoms with Crippen LogP contribution in [0, 0.1) is 13.8 Å². The number of esters is 2. The number of rotatable bonds is 29. The van der Waals surface area contributed by atoms with E-state index in [9.17, 15) is 19.0 Å². The van der Waals surface area contributed by atoms with Crippen LogP contribution < -0.4 is 5.73 Å². The molecule has 0 aromatic carbocycles. The molecule has 0 aliphatic carbocycles. The minimum absolute atomic E-state index is 0.0432. The number of hydrogen-bond donors (Lipinski definition) is 2. The Hall–Kier alpha value is -0.990. The van der Waals surface area contributed by atoms with Crippen molar-refractivity contribution in [3.63, 3.8) is 0 Å². The van der Waals surface area contributed by atoms with Crippen molar-refractivity contribution in [2.75, 3.05) is 26.4 Å². The lowest BCUT2D eigenvalue weighted by Crippen LogP contribution is -2.52. The standard InChI is InChI=1S/C29H56NO8P/c1-3-5-7-9-10-11-12-13-14-15-16-18-20-22-29(32)38-27(26-37-39(33,34)36-24-23-30)25-35-28(31)21-19-17-8-6-4-2/h27H,1-26,30H2,(H,33,34)/q-2/p+1/t27-/m1/s1. The zero-order valence-corrected chi connectivity index (χ0v) is 25.3. The minimum Gasteiger partial charge on any atom is -0.462 e. The molecular weight excluding hydrogens is 521 g/mol. The van der Waals surface area contributed by atoms with Crippen molar-refractivity contribution in [3.05, 3.63) is 13.8 Å². The zero-order valence-electron chi connectivity index (χ0n) is 24.4. The fourth-order valence-corrected chi connectivity index (χ4v) is 4.82. The lowest BCUT2D eigenvalue weighted by Gasteiger charge is -2.19. The minimum atomic E-state index is -4.31. The van der Waals surface area contributed by atoms with Crippen molar-refractivity contribution in [1.29, 1.82) is 0 Å². The zero-order chi connectivity index (χ0) is 29.0. The van der Waals surface area contributed by atoms with Crippen LogP contribution in [0.15, 0.2) is 0 Å². The van der Waals surface area contributed by atoms with Gasteiger partial charge in [0.05, 0.1) is 13.2 Å². The van der Waals surface area contributed by atoms with E-state index in [1.165, 1.54) is 51.4 Å². The second-order valence-corrected chi connectivity index (χ2v) is 11.6. The Bertz CT molecular complexity index is 634. The van der Waals surface area contributed by atoms with E-state index in [2.05, 4.69) is 19.6 Å². The average molecular weight is 579 g/mol. The van der Waals surface area contributed by atoms with Gasteiger partial charge in [-0.05, 0) is 12.8 Å². The van der Waals surface area contributed by atoms with Gasteiger partial charge in [-0.15, -0.1) is 0 Å². The lowest BCUT2D eigenvalue weighted by molar-refractivity contribution is -0.371. The van der Waals surface area contributed by atoms with E-state index >= 15 is 0 Å². The predicted molar refractivity (Wildman–Crippen MR) is 153 cm³/mol.